The maximum atomic E-state index is 13.3. The van der Waals surface area contributed by atoms with E-state index in [-0.39, 0.29) is 5.91 Å². The van der Waals surface area contributed by atoms with Crippen LogP contribution < -0.4 is 0 Å². The molecule has 26 heavy (non-hydrogen) atoms. The minimum Gasteiger partial charge on any atom is -0.337 e. The summed E-state index contributed by atoms with van der Waals surface area (Å²) in [7, 11) is 1.94. The molecule has 0 radical (unpaired) electrons. The summed E-state index contributed by atoms with van der Waals surface area (Å²) in [6, 6.07) is 16.2. The lowest BCUT2D eigenvalue weighted by molar-refractivity contribution is 0.0687. The summed E-state index contributed by atoms with van der Waals surface area (Å²) in [6.45, 7) is 0. The second-order valence-electron chi connectivity index (χ2n) is 6.85. The molecule has 0 saturated heterocycles. The Hall–Kier alpha value is -2.40. The van der Waals surface area contributed by atoms with Crippen molar-refractivity contribution in [3.63, 3.8) is 0 Å². The Balaban J connectivity index is 1.72. The smallest absolute Gasteiger partial charge is 0.272 e. The lowest BCUT2D eigenvalue weighted by atomic mass is 9.94. The first-order chi connectivity index (χ1) is 12.7. The maximum absolute atomic E-state index is 13.3. The monoisotopic (exact) mass is 365 g/mol. The number of benzene rings is 1. The van der Waals surface area contributed by atoms with Gasteiger partial charge in [0, 0.05) is 13.1 Å². The van der Waals surface area contributed by atoms with Gasteiger partial charge in [-0.1, -0.05) is 43.5 Å². The Morgan fingerprint density at radius 3 is 2.58 bits per heavy atom. The average molecular weight is 366 g/mol. The van der Waals surface area contributed by atoms with E-state index in [0.29, 0.717) is 11.7 Å². The predicted octanol–water partition coefficient (Wildman–Crippen LogP) is 5.01. The van der Waals surface area contributed by atoms with Gasteiger partial charge in [-0.05, 0) is 42.5 Å². The van der Waals surface area contributed by atoms with Crippen LogP contribution in [0.15, 0.2) is 53.9 Å². The van der Waals surface area contributed by atoms with Crippen molar-refractivity contribution >= 4 is 17.2 Å². The van der Waals surface area contributed by atoms with Gasteiger partial charge in [-0.15, -0.1) is 11.3 Å². The Bertz CT molecular complexity index is 864. The SMILES string of the molecule is CN(C(=O)c1cc(-c2cccs2)nn1-c1ccccc1)C1CCCCC1. The fourth-order valence-corrected chi connectivity index (χ4v) is 4.34. The molecule has 1 saturated carbocycles. The van der Waals surface area contributed by atoms with Gasteiger partial charge in [0.1, 0.15) is 11.4 Å². The molecule has 1 aliphatic rings. The zero-order valence-electron chi connectivity index (χ0n) is 15.0. The van der Waals surface area contributed by atoms with E-state index in [4.69, 9.17) is 5.10 Å². The van der Waals surface area contributed by atoms with Crippen LogP contribution in [0.25, 0.3) is 16.3 Å². The highest BCUT2D eigenvalue weighted by molar-refractivity contribution is 7.13. The molecule has 134 valence electrons. The van der Waals surface area contributed by atoms with Gasteiger partial charge in [-0.25, -0.2) is 4.68 Å². The van der Waals surface area contributed by atoms with Gasteiger partial charge < -0.3 is 4.90 Å². The van der Waals surface area contributed by atoms with E-state index in [1.54, 1.807) is 16.0 Å². The minimum atomic E-state index is 0.0519. The standard InChI is InChI=1S/C21H23N3OS/c1-23(16-9-4-2-5-10-16)21(25)19-15-18(20-13-8-14-26-20)22-24(19)17-11-6-3-7-12-17/h3,6-8,11-16H,2,4-5,9-10H2,1H3. The van der Waals surface area contributed by atoms with Crippen molar-refractivity contribution in [1.82, 2.24) is 14.7 Å². The number of para-hydroxylation sites is 1. The van der Waals surface area contributed by atoms with Crippen LogP contribution in [0.1, 0.15) is 42.6 Å². The van der Waals surface area contributed by atoms with Crippen molar-refractivity contribution < 1.29 is 4.79 Å². The largest absolute Gasteiger partial charge is 0.337 e. The molecule has 0 N–H and O–H groups in total. The molecule has 0 spiro atoms. The normalized spacial score (nSPS) is 15.1. The summed E-state index contributed by atoms with van der Waals surface area (Å²) in [6.07, 6.45) is 5.89. The summed E-state index contributed by atoms with van der Waals surface area (Å²) in [4.78, 5) is 16.3. The molecule has 1 amide bonds. The molecule has 1 aliphatic carbocycles. The Labute approximate surface area is 158 Å². The Kier molecular flexibility index (Phi) is 4.89. The number of thiophene rings is 1. The van der Waals surface area contributed by atoms with Crippen LogP contribution in [0, 0.1) is 0 Å². The highest BCUT2D eigenvalue weighted by Crippen LogP contribution is 2.28. The Morgan fingerprint density at radius 2 is 1.88 bits per heavy atom. The van der Waals surface area contributed by atoms with Crippen molar-refractivity contribution in [2.45, 2.75) is 38.1 Å². The third-order valence-electron chi connectivity index (χ3n) is 5.15. The predicted molar refractivity (Wildman–Crippen MR) is 106 cm³/mol. The number of amides is 1. The number of aromatic nitrogens is 2. The van der Waals surface area contributed by atoms with Crippen LogP contribution in [0.4, 0.5) is 0 Å². The molecular weight excluding hydrogens is 342 g/mol. The summed E-state index contributed by atoms with van der Waals surface area (Å²) in [5.41, 5.74) is 2.40. The highest BCUT2D eigenvalue weighted by atomic mass is 32.1. The zero-order chi connectivity index (χ0) is 17.9. The molecule has 1 fully saturated rings. The molecule has 0 atom stereocenters. The van der Waals surface area contributed by atoms with E-state index in [0.717, 1.165) is 29.1 Å². The van der Waals surface area contributed by atoms with Gasteiger partial charge in [0.25, 0.3) is 5.91 Å². The molecule has 0 bridgehead atoms. The molecule has 2 aromatic heterocycles. The van der Waals surface area contributed by atoms with E-state index < -0.39 is 0 Å². The van der Waals surface area contributed by atoms with Gasteiger partial charge in [-0.2, -0.15) is 5.10 Å². The first kappa shape index (κ1) is 17.0. The van der Waals surface area contributed by atoms with E-state index in [2.05, 4.69) is 0 Å². The van der Waals surface area contributed by atoms with E-state index in [1.807, 2.05) is 65.9 Å². The van der Waals surface area contributed by atoms with Crippen LogP contribution in [0.3, 0.4) is 0 Å². The quantitative estimate of drug-likeness (QED) is 0.652. The van der Waals surface area contributed by atoms with Gasteiger partial charge in [0.05, 0.1) is 10.6 Å². The third-order valence-corrected chi connectivity index (χ3v) is 6.04. The van der Waals surface area contributed by atoms with Crippen LogP contribution in [-0.2, 0) is 0 Å². The van der Waals surface area contributed by atoms with E-state index in [9.17, 15) is 4.79 Å². The lowest BCUT2D eigenvalue weighted by Crippen LogP contribution is -2.39. The average Bonchev–Trinajstić information content (AvgIpc) is 3.38. The molecule has 4 nitrogen and oxygen atoms in total. The van der Waals surface area contributed by atoms with Crippen molar-refractivity contribution in [3.05, 3.63) is 59.6 Å². The molecule has 4 rings (SSSR count). The maximum Gasteiger partial charge on any atom is 0.272 e. The zero-order valence-corrected chi connectivity index (χ0v) is 15.8. The molecule has 5 heteroatoms. The number of hydrogen-bond donors (Lipinski definition) is 0. The first-order valence-corrected chi connectivity index (χ1v) is 10.1. The number of nitrogens with zero attached hydrogens (tertiary/aromatic N) is 3. The van der Waals surface area contributed by atoms with Gasteiger partial charge in [0.15, 0.2) is 0 Å². The fourth-order valence-electron chi connectivity index (χ4n) is 3.66. The molecule has 1 aromatic carbocycles. The molecular formula is C21H23N3OS. The highest BCUT2D eigenvalue weighted by Gasteiger charge is 2.26. The summed E-state index contributed by atoms with van der Waals surface area (Å²) >= 11 is 1.64. The van der Waals surface area contributed by atoms with E-state index >= 15 is 0 Å². The Morgan fingerprint density at radius 1 is 1.12 bits per heavy atom. The number of rotatable bonds is 4. The first-order valence-electron chi connectivity index (χ1n) is 9.20. The molecule has 3 aromatic rings. The topological polar surface area (TPSA) is 38.1 Å². The van der Waals surface area contributed by atoms with Crippen molar-refractivity contribution in [3.8, 4) is 16.3 Å². The van der Waals surface area contributed by atoms with Crippen molar-refractivity contribution in [2.24, 2.45) is 0 Å². The summed E-state index contributed by atoms with van der Waals surface area (Å²) in [5.74, 6) is 0.0519. The molecule has 0 unspecified atom stereocenters. The van der Waals surface area contributed by atoms with Gasteiger partial charge >= 0.3 is 0 Å². The van der Waals surface area contributed by atoms with Crippen LogP contribution in [0.5, 0.6) is 0 Å². The van der Waals surface area contributed by atoms with Crippen molar-refractivity contribution in [2.75, 3.05) is 7.05 Å². The number of hydrogen-bond acceptors (Lipinski definition) is 3. The number of carbonyl (C=O) groups is 1. The molecule has 2 heterocycles. The summed E-state index contributed by atoms with van der Waals surface area (Å²) in [5, 5.41) is 6.79. The fraction of sp³-hybridized carbons (Fsp3) is 0.333. The third kappa shape index (κ3) is 3.31. The van der Waals surface area contributed by atoms with Crippen LogP contribution in [-0.4, -0.2) is 33.7 Å². The van der Waals surface area contributed by atoms with Gasteiger partial charge in [0.2, 0.25) is 0 Å². The second-order valence-corrected chi connectivity index (χ2v) is 7.80. The van der Waals surface area contributed by atoms with Crippen molar-refractivity contribution in [1.29, 1.82) is 0 Å². The minimum absolute atomic E-state index is 0.0519. The number of carbonyl (C=O) groups excluding carboxylic acids is 1. The molecule has 0 aliphatic heterocycles. The van der Waals surface area contributed by atoms with E-state index in [1.165, 1.54) is 19.3 Å². The van der Waals surface area contributed by atoms with Gasteiger partial charge in [-0.3, -0.25) is 4.79 Å². The summed E-state index contributed by atoms with van der Waals surface area (Å²) < 4.78 is 1.79. The second kappa shape index (κ2) is 7.46. The van der Waals surface area contributed by atoms with Crippen LogP contribution in [0.2, 0.25) is 0 Å². The lowest BCUT2D eigenvalue weighted by Gasteiger charge is -2.31. The van der Waals surface area contributed by atoms with Crippen LogP contribution >= 0.6 is 11.3 Å².